The fourth-order valence-corrected chi connectivity index (χ4v) is 2.88. The van der Waals surface area contributed by atoms with E-state index < -0.39 is 0 Å². The minimum atomic E-state index is -0.0483. The predicted octanol–water partition coefficient (Wildman–Crippen LogP) is 3.50. The molecule has 0 fully saturated rings. The van der Waals surface area contributed by atoms with Crippen molar-refractivity contribution in [3.8, 4) is 11.5 Å². The fraction of sp³-hybridized carbons (Fsp3) is 0.350. The molecule has 1 aliphatic rings. The van der Waals surface area contributed by atoms with Gasteiger partial charge in [0.2, 0.25) is 6.79 Å². The number of carbonyl (C=O) groups excluding carboxylic acids is 1. The van der Waals surface area contributed by atoms with Crippen molar-refractivity contribution in [2.75, 3.05) is 19.9 Å². The zero-order valence-electron chi connectivity index (χ0n) is 14.7. The molecule has 0 aromatic heterocycles. The lowest BCUT2D eigenvalue weighted by Gasteiger charge is -2.21. The van der Waals surface area contributed by atoms with Crippen molar-refractivity contribution in [2.45, 2.75) is 26.8 Å². The number of benzene rings is 2. The summed E-state index contributed by atoms with van der Waals surface area (Å²) >= 11 is 0. The highest BCUT2D eigenvalue weighted by molar-refractivity contribution is 5.74. The van der Waals surface area contributed by atoms with Gasteiger partial charge in [0.05, 0.1) is 0 Å². The van der Waals surface area contributed by atoms with Crippen molar-refractivity contribution < 1.29 is 14.3 Å². The molecule has 132 valence electrons. The molecule has 3 rings (SSSR count). The Hall–Kier alpha value is -2.69. The molecule has 1 N–H and O–H groups in total. The second-order valence-electron chi connectivity index (χ2n) is 6.17. The summed E-state index contributed by atoms with van der Waals surface area (Å²) in [6.07, 6.45) is 0.828. The van der Waals surface area contributed by atoms with Crippen molar-refractivity contribution in [3.63, 3.8) is 0 Å². The first-order valence-corrected chi connectivity index (χ1v) is 8.62. The first kappa shape index (κ1) is 17.1. The van der Waals surface area contributed by atoms with E-state index in [1.54, 1.807) is 4.90 Å². The number of hydrogen-bond donors (Lipinski definition) is 1. The minimum absolute atomic E-state index is 0.0483. The Labute approximate surface area is 148 Å². The van der Waals surface area contributed by atoms with Gasteiger partial charge in [-0.3, -0.25) is 0 Å². The monoisotopic (exact) mass is 340 g/mol. The number of carbonyl (C=O) groups is 1. The van der Waals surface area contributed by atoms with Crippen LogP contribution in [0.4, 0.5) is 4.79 Å². The van der Waals surface area contributed by atoms with Crippen LogP contribution in [-0.2, 0) is 13.0 Å². The highest BCUT2D eigenvalue weighted by atomic mass is 16.7. The van der Waals surface area contributed by atoms with Gasteiger partial charge in [0.1, 0.15) is 0 Å². The van der Waals surface area contributed by atoms with E-state index in [9.17, 15) is 4.79 Å². The average molecular weight is 340 g/mol. The number of nitrogens with one attached hydrogen (secondary N) is 1. The van der Waals surface area contributed by atoms with Gasteiger partial charge < -0.3 is 19.7 Å². The van der Waals surface area contributed by atoms with Gasteiger partial charge in [0.15, 0.2) is 11.5 Å². The summed E-state index contributed by atoms with van der Waals surface area (Å²) in [6, 6.07) is 14.1. The third-order valence-electron chi connectivity index (χ3n) is 4.25. The van der Waals surface area contributed by atoms with Crippen molar-refractivity contribution in [1.29, 1.82) is 0 Å². The number of hydrogen-bond acceptors (Lipinski definition) is 3. The van der Waals surface area contributed by atoms with E-state index in [-0.39, 0.29) is 12.8 Å². The number of urea groups is 1. The minimum Gasteiger partial charge on any atom is -0.454 e. The highest BCUT2D eigenvalue weighted by Crippen LogP contribution is 2.32. The number of nitrogens with zero attached hydrogens (tertiary/aromatic N) is 1. The zero-order chi connectivity index (χ0) is 17.6. The summed E-state index contributed by atoms with van der Waals surface area (Å²) in [5.74, 6) is 1.50. The molecule has 5 nitrogen and oxygen atoms in total. The molecule has 0 radical (unpaired) electrons. The molecule has 0 atom stereocenters. The van der Waals surface area contributed by atoms with E-state index in [2.05, 4.69) is 30.4 Å². The quantitative estimate of drug-likeness (QED) is 0.876. The Bertz CT molecular complexity index is 745. The van der Waals surface area contributed by atoms with Crippen molar-refractivity contribution >= 4 is 6.03 Å². The number of rotatable bonds is 6. The maximum atomic E-state index is 12.4. The molecular formula is C20H24N2O3. The lowest BCUT2D eigenvalue weighted by molar-refractivity contribution is 0.173. The first-order valence-electron chi connectivity index (χ1n) is 8.62. The summed E-state index contributed by atoms with van der Waals surface area (Å²) in [4.78, 5) is 14.2. The van der Waals surface area contributed by atoms with Gasteiger partial charge in [-0.25, -0.2) is 4.79 Å². The van der Waals surface area contributed by atoms with Gasteiger partial charge >= 0.3 is 6.03 Å². The van der Waals surface area contributed by atoms with Gasteiger partial charge in [-0.05, 0) is 43.5 Å². The van der Waals surface area contributed by atoms with Crippen LogP contribution in [-0.4, -0.2) is 30.8 Å². The van der Waals surface area contributed by atoms with Crippen molar-refractivity contribution in [1.82, 2.24) is 10.2 Å². The fourth-order valence-electron chi connectivity index (χ4n) is 2.88. The van der Waals surface area contributed by atoms with Crippen molar-refractivity contribution in [3.05, 3.63) is 59.2 Å². The number of ether oxygens (including phenoxy) is 2. The maximum absolute atomic E-state index is 12.4. The molecule has 0 aliphatic carbocycles. The molecule has 1 aliphatic heterocycles. The third kappa shape index (κ3) is 4.44. The normalized spacial score (nSPS) is 12.1. The Morgan fingerprint density at radius 3 is 2.76 bits per heavy atom. The molecule has 2 aromatic carbocycles. The van der Waals surface area contributed by atoms with Crippen LogP contribution in [0.25, 0.3) is 0 Å². The molecule has 1 heterocycles. The van der Waals surface area contributed by atoms with Crippen LogP contribution >= 0.6 is 0 Å². The zero-order valence-corrected chi connectivity index (χ0v) is 14.7. The SMILES string of the molecule is CCN(Cc1ccc2c(c1)OCO2)C(=O)NCCc1cccc(C)c1. The van der Waals surface area contributed by atoms with Crippen LogP contribution in [0, 0.1) is 6.92 Å². The van der Waals surface area contributed by atoms with Crippen LogP contribution < -0.4 is 14.8 Å². The van der Waals surface area contributed by atoms with Gasteiger partial charge in [-0.2, -0.15) is 0 Å². The molecule has 0 unspecified atom stereocenters. The van der Waals surface area contributed by atoms with E-state index in [1.807, 2.05) is 31.2 Å². The van der Waals surface area contributed by atoms with E-state index in [0.717, 1.165) is 23.5 Å². The molecule has 5 heteroatoms. The molecule has 0 spiro atoms. The van der Waals surface area contributed by atoms with Gasteiger partial charge in [-0.15, -0.1) is 0 Å². The molecule has 0 saturated carbocycles. The lowest BCUT2D eigenvalue weighted by atomic mass is 10.1. The molecule has 25 heavy (non-hydrogen) atoms. The lowest BCUT2D eigenvalue weighted by Crippen LogP contribution is -2.40. The summed E-state index contributed by atoms with van der Waals surface area (Å²) in [5, 5.41) is 3.01. The highest BCUT2D eigenvalue weighted by Gasteiger charge is 2.16. The molecule has 0 saturated heterocycles. The molecule has 0 bridgehead atoms. The Kier molecular flexibility index (Phi) is 5.43. The smallest absolute Gasteiger partial charge is 0.317 e. The average Bonchev–Trinajstić information content (AvgIpc) is 3.07. The summed E-state index contributed by atoms with van der Waals surface area (Å²) < 4.78 is 10.7. The summed E-state index contributed by atoms with van der Waals surface area (Å²) in [6.45, 7) is 6.13. The Morgan fingerprint density at radius 1 is 1.12 bits per heavy atom. The summed E-state index contributed by atoms with van der Waals surface area (Å²) in [5.41, 5.74) is 3.50. The van der Waals surface area contributed by atoms with Crippen LogP contribution in [0.5, 0.6) is 11.5 Å². The van der Waals surface area contributed by atoms with Gasteiger partial charge in [-0.1, -0.05) is 35.9 Å². The second kappa shape index (κ2) is 7.92. The number of fused-ring (bicyclic) bond motifs is 1. The maximum Gasteiger partial charge on any atom is 0.317 e. The van der Waals surface area contributed by atoms with Crippen LogP contribution in [0.15, 0.2) is 42.5 Å². The van der Waals surface area contributed by atoms with Crippen LogP contribution in [0.3, 0.4) is 0 Å². The Balaban J connectivity index is 1.52. The van der Waals surface area contributed by atoms with Crippen LogP contribution in [0.2, 0.25) is 0 Å². The third-order valence-corrected chi connectivity index (χ3v) is 4.25. The number of aryl methyl sites for hydroxylation is 1. The first-order chi connectivity index (χ1) is 12.2. The largest absolute Gasteiger partial charge is 0.454 e. The molecular weight excluding hydrogens is 316 g/mol. The standard InChI is InChI=1S/C20H24N2O3/c1-3-22(13-17-7-8-18-19(12-17)25-14-24-18)20(23)21-10-9-16-6-4-5-15(2)11-16/h4-8,11-12H,3,9-10,13-14H2,1-2H3,(H,21,23). The van der Waals surface area contributed by atoms with Crippen molar-refractivity contribution in [2.24, 2.45) is 0 Å². The van der Waals surface area contributed by atoms with E-state index >= 15 is 0 Å². The van der Waals surface area contributed by atoms with Crippen LogP contribution in [0.1, 0.15) is 23.6 Å². The molecule has 2 amide bonds. The van der Waals surface area contributed by atoms with E-state index in [1.165, 1.54) is 11.1 Å². The number of amides is 2. The predicted molar refractivity (Wildman–Crippen MR) is 96.9 cm³/mol. The Morgan fingerprint density at radius 2 is 1.96 bits per heavy atom. The van der Waals surface area contributed by atoms with E-state index in [4.69, 9.17) is 9.47 Å². The topological polar surface area (TPSA) is 50.8 Å². The van der Waals surface area contributed by atoms with Gasteiger partial charge in [0.25, 0.3) is 0 Å². The second-order valence-corrected chi connectivity index (χ2v) is 6.17. The van der Waals surface area contributed by atoms with Gasteiger partial charge in [0, 0.05) is 19.6 Å². The summed E-state index contributed by atoms with van der Waals surface area (Å²) in [7, 11) is 0. The van der Waals surface area contributed by atoms with E-state index in [0.29, 0.717) is 19.6 Å². The molecule has 2 aromatic rings.